The van der Waals surface area contributed by atoms with Gasteiger partial charge in [-0.3, -0.25) is 5.10 Å². The van der Waals surface area contributed by atoms with E-state index in [0.29, 0.717) is 5.41 Å². The molecule has 1 saturated heterocycles. The van der Waals surface area contributed by atoms with Gasteiger partial charge in [0.2, 0.25) is 0 Å². The SMILES string of the molecule is CC(C)(CCC(C)(C)C1CCOCC1)c1ccn[nH]1. The highest BCUT2D eigenvalue weighted by Gasteiger charge is 2.33. The predicted molar refractivity (Wildman–Crippen MR) is 78.2 cm³/mol. The monoisotopic (exact) mass is 264 g/mol. The minimum Gasteiger partial charge on any atom is -0.381 e. The molecule has 0 atom stereocenters. The molecule has 1 aromatic heterocycles. The first-order chi connectivity index (χ1) is 8.92. The summed E-state index contributed by atoms with van der Waals surface area (Å²) in [6.07, 6.45) is 6.74. The van der Waals surface area contributed by atoms with E-state index >= 15 is 0 Å². The molecule has 108 valence electrons. The third kappa shape index (κ3) is 3.59. The number of H-pyrrole nitrogens is 1. The molecule has 1 aromatic rings. The molecule has 0 radical (unpaired) electrons. The molecule has 3 heteroatoms. The van der Waals surface area contributed by atoms with Crippen LogP contribution in [0.5, 0.6) is 0 Å². The smallest absolute Gasteiger partial charge is 0.0490 e. The Morgan fingerprint density at radius 3 is 2.47 bits per heavy atom. The van der Waals surface area contributed by atoms with Gasteiger partial charge in [0, 0.05) is 30.5 Å². The summed E-state index contributed by atoms with van der Waals surface area (Å²) in [4.78, 5) is 0. The molecule has 2 heterocycles. The Labute approximate surface area is 117 Å². The molecule has 1 N–H and O–H groups in total. The third-order valence-electron chi connectivity index (χ3n) is 4.95. The number of rotatable bonds is 5. The molecule has 0 amide bonds. The van der Waals surface area contributed by atoms with Gasteiger partial charge in [0.1, 0.15) is 0 Å². The van der Waals surface area contributed by atoms with Crippen LogP contribution in [0.25, 0.3) is 0 Å². The lowest BCUT2D eigenvalue weighted by Gasteiger charge is -2.39. The van der Waals surface area contributed by atoms with Gasteiger partial charge in [-0.2, -0.15) is 5.10 Å². The molecule has 0 saturated carbocycles. The van der Waals surface area contributed by atoms with E-state index in [-0.39, 0.29) is 5.41 Å². The minimum absolute atomic E-state index is 0.180. The van der Waals surface area contributed by atoms with E-state index in [9.17, 15) is 0 Å². The van der Waals surface area contributed by atoms with Crippen molar-refractivity contribution in [3.05, 3.63) is 18.0 Å². The average Bonchev–Trinajstić information content (AvgIpc) is 2.93. The molecule has 19 heavy (non-hydrogen) atoms. The number of nitrogens with zero attached hydrogens (tertiary/aromatic N) is 1. The number of hydrogen-bond donors (Lipinski definition) is 1. The molecule has 0 aromatic carbocycles. The first-order valence-corrected chi connectivity index (χ1v) is 7.49. The highest BCUT2D eigenvalue weighted by molar-refractivity contribution is 5.11. The van der Waals surface area contributed by atoms with Crippen LogP contribution in [-0.4, -0.2) is 23.4 Å². The standard InChI is InChI=1S/C16H28N2O/c1-15(2,13-6-11-19-12-7-13)8-9-16(3,4)14-5-10-17-18-14/h5,10,13H,6-9,11-12H2,1-4H3,(H,17,18). The molecular weight excluding hydrogens is 236 g/mol. The topological polar surface area (TPSA) is 37.9 Å². The van der Waals surface area contributed by atoms with E-state index in [1.54, 1.807) is 0 Å². The average molecular weight is 264 g/mol. The molecule has 0 bridgehead atoms. The second kappa shape index (κ2) is 5.66. The van der Waals surface area contributed by atoms with Gasteiger partial charge < -0.3 is 4.74 Å². The molecule has 3 nitrogen and oxygen atoms in total. The number of ether oxygens (including phenoxy) is 1. The first kappa shape index (κ1) is 14.6. The largest absolute Gasteiger partial charge is 0.381 e. The van der Waals surface area contributed by atoms with Gasteiger partial charge in [-0.1, -0.05) is 27.7 Å². The van der Waals surface area contributed by atoms with Crippen molar-refractivity contribution in [2.24, 2.45) is 11.3 Å². The van der Waals surface area contributed by atoms with Crippen molar-refractivity contribution in [1.29, 1.82) is 0 Å². The van der Waals surface area contributed by atoms with Crippen LogP contribution in [-0.2, 0) is 10.2 Å². The van der Waals surface area contributed by atoms with Crippen molar-refractivity contribution in [2.45, 2.75) is 58.8 Å². The number of aromatic amines is 1. The van der Waals surface area contributed by atoms with Crippen molar-refractivity contribution >= 4 is 0 Å². The van der Waals surface area contributed by atoms with E-state index in [1.165, 1.54) is 31.4 Å². The molecule has 0 unspecified atom stereocenters. The van der Waals surface area contributed by atoms with E-state index in [1.807, 2.05) is 6.20 Å². The Balaban J connectivity index is 1.93. The summed E-state index contributed by atoms with van der Waals surface area (Å²) in [5.41, 5.74) is 1.83. The maximum atomic E-state index is 5.49. The van der Waals surface area contributed by atoms with Crippen molar-refractivity contribution < 1.29 is 4.74 Å². The summed E-state index contributed by atoms with van der Waals surface area (Å²) in [6, 6.07) is 2.10. The zero-order valence-electron chi connectivity index (χ0n) is 12.8. The van der Waals surface area contributed by atoms with Gasteiger partial charge in [-0.15, -0.1) is 0 Å². The zero-order chi connectivity index (χ0) is 13.9. The lowest BCUT2D eigenvalue weighted by Crippen LogP contribution is -2.32. The second-order valence-electron chi connectivity index (χ2n) is 7.23. The van der Waals surface area contributed by atoms with E-state index in [4.69, 9.17) is 4.74 Å². The summed E-state index contributed by atoms with van der Waals surface area (Å²) in [5.74, 6) is 0.804. The van der Waals surface area contributed by atoms with Gasteiger partial charge in [0.05, 0.1) is 0 Å². The molecule has 1 fully saturated rings. The van der Waals surface area contributed by atoms with Crippen molar-refractivity contribution in [1.82, 2.24) is 10.2 Å². The fourth-order valence-corrected chi connectivity index (χ4v) is 3.09. The zero-order valence-corrected chi connectivity index (χ0v) is 12.8. The van der Waals surface area contributed by atoms with Crippen molar-refractivity contribution in [3.63, 3.8) is 0 Å². The van der Waals surface area contributed by atoms with Gasteiger partial charge in [-0.25, -0.2) is 0 Å². The highest BCUT2D eigenvalue weighted by atomic mass is 16.5. The van der Waals surface area contributed by atoms with Crippen molar-refractivity contribution in [3.8, 4) is 0 Å². The lowest BCUT2D eigenvalue weighted by molar-refractivity contribution is 0.0172. The van der Waals surface area contributed by atoms with Gasteiger partial charge in [0.25, 0.3) is 0 Å². The fraction of sp³-hybridized carbons (Fsp3) is 0.812. The number of nitrogens with one attached hydrogen (secondary N) is 1. The first-order valence-electron chi connectivity index (χ1n) is 7.49. The Morgan fingerprint density at radius 1 is 1.21 bits per heavy atom. The summed E-state index contributed by atoms with van der Waals surface area (Å²) >= 11 is 0. The van der Waals surface area contributed by atoms with Crippen LogP contribution in [0.1, 0.15) is 59.1 Å². The maximum absolute atomic E-state index is 5.49. The van der Waals surface area contributed by atoms with Crippen LogP contribution in [0.2, 0.25) is 0 Å². The van der Waals surface area contributed by atoms with E-state index in [2.05, 4.69) is 44.0 Å². The molecule has 2 rings (SSSR count). The quantitative estimate of drug-likeness (QED) is 0.875. The van der Waals surface area contributed by atoms with Crippen molar-refractivity contribution in [2.75, 3.05) is 13.2 Å². The number of aromatic nitrogens is 2. The van der Waals surface area contributed by atoms with Crippen LogP contribution in [0.15, 0.2) is 12.3 Å². The van der Waals surface area contributed by atoms with Crippen LogP contribution >= 0.6 is 0 Å². The normalized spacial score (nSPS) is 18.7. The Bertz CT molecular complexity index is 375. The third-order valence-corrected chi connectivity index (χ3v) is 4.95. The molecular formula is C16H28N2O. The van der Waals surface area contributed by atoms with Gasteiger partial charge in [-0.05, 0) is 43.1 Å². The van der Waals surface area contributed by atoms with Gasteiger partial charge >= 0.3 is 0 Å². The summed E-state index contributed by atoms with van der Waals surface area (Å²) in [5, 5.41) is 7.20. The van der Waals surface area contributed by atoms with Crippen LogP contribution in [0, 0.1) is 11.3 Å². The summed E-state index contributed by atoms with van der Waals surface area (Å²) in [7, 11) is 0. The molecule has 0 aliphatic carbocycles. The summed E-state index contributed by atoms with van der Waals surface area (Å²) < 4.78 is 5.49. The van der Waals surface area contributed by atoms with E-state index < -0.39 is 0 Å². The Kier molecular flexibility index (Phi) is 4.34. The van der Waals surface area contributed by atoms with Crippen LogP contribution in [0.3, 0.4) is 0 Å². The van der Waals surface area contributed by atoms with Crippen LogP contribution < -0.4 is 0 Å². The molecule has 0 spiro atoms. The number of hydrogen-bond acceptors (Lipinski definition) is 2. The molecule has 1 aliphatic rings. The highest BCUT2D eigenvalue weighted by Crippen LogP contribution is 2.41. The predicted octanol–water partition coefficient (Wildman–Crippen LogP) is 3.92. The Hall–Kier alpha value is -0.830. The van der Waals surface area contributed by atoms with Crippen LogP contribution in [0.4, 0.5) is 0 Å². The minimum atomic E-state index is 0.180. The molecule has 1 aliphatic heterocycles. The summed E-state index contributed by atoms with van der Waals surface area (Å²) in [6.45, 7) is 11.3. The lowest BCUT2D eigenvalue weighted by atomic mass is 9.69. The Morgan fingerprint density at radius 2 is 1.89 bits per heavy atom. The van der Waals surface area contributed by atoms with E-state index in [0.717, 1.165) is 19.1 Å². The second-order valence-corrected chi connectivity index (χ2v) is 7.23. The maximum Gasteiger partial charge on any atom is 0.0490 e. The fourth-order valence-electron chi connectivity index (χ4n) is 3.09. The van der Waals surface area contributed by atoms with Gasteiger partial charge in [0.15, 0.2) is 0 Å².